The molecule has 1 aliphatic carbocycles. The van der Waals surface area contributed by atoms with Crippen molar-refractivity contribution < 1.29 is 63.1 Å². The molecule has 0 radical (unpaired) electrons. The van der Waals surface area contributed by atoms with Gasteiger partial charge in [-0.3, -0.25) is 18.6 Å². The smallest absolute Gasteiger partial charge is 0.462 e. The molecule has 0 aliphatic heterocycles. The molecule has 8 atom stereocenters. The molecule has 0 saturated heterocycles. The van der Waals surface area contributed by atoms with Crippen molar-refractivity contribution in [2.24, 2.45) is 0 Å². The van der Waals surface area contributed by atoms with Crippen molar-refractivity contribution in [2.45, 2.75) is 198 Å². The zero-order valence-corrected chi connectivity index (χ0v) is 32.0. The van der Waals surface area contributed by atoms with Gasteiger partial charge in [0.15, 0.2) is 6.10 Å². The van der Waals surface area contributed by atoms with Crippen LogP contribution in [0.25, 0.3) is 0 Å². The highest BCUT2D eigenvalue weighted by Gasteiger charge is 2.51. The molecule has 6 N–H and O–H groups in total. The van der Waals surface area contributed by atoms with E-state index >= 15 is 0 Å². The quantitative estimate of drug-likeness (QED) is 0.0210. The molecule has 0 spiro atoms. The third-order valence-corrected chi connectivity index (χ3v) is 10.1. The standard InChI is InChI=1S/C37H69O13P/c1-3-5-7-9-11-13-15-17-19-21-23-25-30(38)47-27-29(49-31(39)26-24-22-20-18-16-14-12-10-8-6-4-2)28-48-51(45,46)50-37-35(43)33(41)32(40)34(42)36(37)44/h10,12,29,32-37,40-44H,3-9,11,13-28H2,1-2H3,(H,45,46)/b12-10-/t29-,32?,33-,34?,35?,36?,37?/m1/s1. The van der Waals surface area contributed by atoms with Gasteiger partial charge < -0.3 is 39.9 Å². The molecule has 14 heteroatoms. The fraction of sp³-hybridized carbons (Fsp3) is 0.892. The Morgan fingerprint density at radius 1 is 0.588 bits per heavy atom. The van der Waals surface area contributed by atoms with Crippen LogP contribution in [0.15, 0.2) is 12.2 Å². The fourth-order valence-electron chi connectivity index (χ4n) is 5.86. The summed E-state index contributed by atoms with van der Waals surface area (Å²) >= 11 is 0. The third-order valence-electron chi connectivity index (χ3n) is 9.11. The maximum atomic E-state index is 12.7. The van der Waals surface area contributed by atoms with Gasteiger partial charge in [-0.15, -0.1) is 0 Å². The Morgan fingerprint density at radius 3 is 1.55 bits per heavy atom. The number of rotatable bonds is 31. The Labute approximate surface area is 305 Å². The summed E-state index contributed by atoms with van der Waals surface area (Å²) in [6.45, 7) is 3.20. The fourth-order valence-corrected chi connectivity index (χ4v) is 6.83. The summed E-state index contributed by atoms with van der Waals surface area (Å²) in [6, 6.07) is 0. The molecule has 0 aromatic rings. The van der Waals surface area contributed by atoms with Crippen LogP contribution in [0.2, 0.25) is 0 Å². The van der Waals surface area contributed by atoms with Gasteiger partial charge in [-0.05, 0) is 32.1 Å². The second kappa shape index (κ2) is 29.0. The number of hydrogen-bond donors (Lipinski definition) is 6. The van der Waals surface area contributed by atoms with E-state index in [0.717, 1.165) is 57.8 Å². The van der Waals surface area contributed by atoms with Crippen LogP contribution in [0.3, 0.4) is 0 Å². The minimum atomic E-state index is -5.10. The van der Waals surface area contributed by atoms with Crippen molar-refractivity contribution in [2.75, 3.05) is 13.2 Å². The highest BCUT2D eigenvalue weighted by Crippen LogP contribution is 2.47. The molecule has 0 bridgehead atoms. The number of unbranched alkanes of at least 4 members (excludes halogenated alkanes) is 17. The Bertz CT molecular complexity index is 964. The Kier molecular flexibility index (Phi) is 27.1. The van der Waals surface area contributed by atoms with Crippen LogP contribution in [0.4, 0.5) is 0 Å². The third kappa shape index (κ3) is 22.4. The van der Waals surface area contributed by atoms with E-state index in [1.807, 2.05) is 0 Å². The molecule has 0 amide bonds. The van der Waals surface area contributed by atoms with Crippen LogP contribution in [0.1, 0.15) is 155 Å². The average molecular weight is 753 g/mol. The van der Waals surface area contributed by atoms with E-state index < -0.39 is 75.7 Å². The summed E-state index contributed by atoms with van der Waals surface area (Å²) in [5.41, 5.74) is 0. The first kappa shape index (κ1) is 47.6. The van der Waals surface area contributed by atoms with Crippen LogP contribution in [0, 0.1) is 0 Å². The zero-order chi connectivity index (χ0) is 37.9. The molecular weight excluding hydrogens is 683 g/mol. The number of phosphoric acid groups is 1. The lowest BCUT2D eigenvalue weighted by molar-refractivity contribution is -0.220. The first-order chi connectivity index (χ1) is 24.4. The normalized spacial score (nSPS) is 24.0. The summed E-state index contributed by atoms with van der Waals surface area (Å²) in [6.07, 6.45) is 13.0. The van der Waals surface area contributed by atoms with Gasteiger partial charge in [0, 0.05) is 12.8 Å². The molecule has 0 aromatic heterocycles. The molecule has 51 heavy (non-hydrogen) atoms. The number of phosphoric ester groups is 1. The van der Waals surface area contributed by atoms with Crippen molar-refractivity contribution in [1.29, 1.82) is 0 Å². The van der Waals surface area contributed by atoms with Crippen molar-refractivity contribution in [1.82, 2.24) is 0 Å². The van der Waals surface area contributed by atoms with Crippen molar-refractivity contribution >= 4 is 19.8 Å². The van der Waals surface area contributed by atoms with E-state index in [4.69, 9.17) is 18.5 Å². The molecule has 0 aromatic carbocycles. The Morgan fingerprint density at radius 2 is 1.02 bits per heavy atom. The summed E-state index contributed by atoms with van der Waals surface area (Å²) < 4.78 is 33.3. The number of esters is 2. The molecule has 1 saturated carbocycles. The van der Waals surface area contributed by atoms with Gasteiger partial charge in [-0.25, -0.2) is 4.57 Å². The number of hydrogen-bond acceptors (Lipinski definition) is 12. The van der Waals surface area contributed by atoms with Gasteiger partial charge in [-0.1, -0.05) is 122 Å². The van der Waals surface area contributed by atoms with E-state index in [-0.39, 0.29) is 12.8 Å². The number of carbonyl (C=O) groups is 2. The van der Waals surface area contributed by atoms with Crippen LogP contribution in [0.5, 0.6) is 0 Å². The maximum Gasteiger partial charge on any atom is 0.472 e. The maximum absolute atomic E-state index is 12.7. The molecule has 0 heterocycles. The molecule has 6 unspecified atom stereocenters. The van der Waals surface area contributed by atoms with Gasteiger partial charge in [0.1, 0.15) is 43.2 Å². The Hall–Kier alpha value is -1.41. The minimum Gasteiger partial charge on any atom is -0.462 e. The Balaban J connectivity index is 2.55. The lowest BCUT2D eigenvalue weighted by atomic mass is 9.85. The first-order valence-corrected chi connectivity index (χ1v) is 21.0. The second-order valence-corrected chi connectivity index (χ2v) is 15.2. The van der Waals surface area contributed by atoms with E-state index in [2.05, 4.69) is 26.0 Å². The molecule has 1 fully saturated rings. The molecular formula is C37H69O13P. The molecule has 1 aliphatic rings. The highest BCUT2D eigenvalue weighted by molar-refractivity contribution is 7.47. The van der Waals surface area contributed by atoms with Gasteiger partial charge >= 0.3 is 19.8 Å². The van der Waals surface area contributed by atoms with E-state index in [1.54, 1.807) is 0 Å². The number of aliphatic hydroxyl groups excluding tert-OH is 5. The predicted molar refractivity (Wildman–Crippen MR) is 194 cm³/mol. The van der Waals surface area contributed by atoms with Gasteiger partial charge in [0.2, 0.25) is 0 Å². The number of allylic oxidation sites excluding steroid dienone is 2. The number of ether oxygens (including phenoxy) is 2. The van der Waals surface area contributed by atoms with Crippen molar-refractivity contribution in [3.63, 3.8) is 0 Å². The van der Waals surface area contributed by atoms with Crippen LogP contribution < -0.4 is 0 Å². The van der Waals surface area contributed by atoms with Gasteiger partial charge in [-0.2, -0.15) is 0 Å². The monoisotopic (exact) mass is 752 g/mol. The molecule has 13 nitrogen and oxygen atoms in total. The van der Waals surface area contributed by atoms with Gasteiger partial charge in [0.25, 0.3) is 0 Å². The van der Waals surface area contributed by atoms with Crippen LogP contribution in [-0.4, -0.2) is 98.3 Å². The van der Waals surface area contributed by atoms with Gasteiger partial charge in [0.05, 0.1) is 6.61 Å². The largest absolute Gasteiger partial charge is 0.472 e. The predicted octanol–water partition coefficient (Wildman–Crippen LogP) is 5.94. The summed E-state index contributed by atoms with van der Waals surface area (Å²) in [7, 11) is -5.10. The lowest BCUT2D eigenvalue weighted by Crippen LogP contribution is -2.64. The van der Waals surface area contributed by atoms with Crippen LogP contribution >= 0.6 is 7.82 Å². The zero-order valence-electron chi connectivity index (χ0n) is 31.2. The summed E-state index contributed by atoms with van der Waals surface area (Å²) in [5.74, 6) is -1.11. The number of carbonyl (C=O) groups excluding carboxylic acids is 2. The van der Waals surface area contributed by atoms with E-state index in [0.29, 0.717) is 12.8 Å². The van der Waals surface area contributed by atoms with E-state index in [9.17, 15) is 44.6 Å². The first-order valence-electron chi connectivity index (χ1n) is 19.5. The van der Waals surface area contributed by atoms with Crippen molar-refractivity contribution in [3.05, 3.63) is 12.2 Å². The molecule has 1 rings (SSSR count). The average Bonchev–Trinajstić information content (AvgIpc) is 3.10. The molecule has 300 valence electrons. The van der Waals surface area contributed by atoms with E-state index in [1.165, 1.54) is 57.8 Å². The second-order valence-electron chi connectivity index (χ2n) is 13.8. The summed E-state index contributed by atoms with van der Waals surface area (Å²) in [5, 5.41) is 49.9. The van der Waals surface area contributed by atoms with Crippen molar-refractivity contribution in [3.8, 4) is 0 Å². The topological polar surface area (TPSA) is 210 Å². The summed E-state index contributed by atoms with van der Waals surface area (Å²) in [4.78, 5) is 35.4. The highest BCUT2D eigenvalue weighted by atomic mass is 31.2. The number of aliphatic hydroxyl groups is 5. The minimum absolute atomic E-state index is 0.0892. The lowest BCUT2D eigenvalue weighted by Gasteiger charge is -2.41. The SMILES string of the molecule is CCCC/C=C\CCCCCCCC(=O)O[C@H](COC(=O)CCCCCCCCCCCCC)COP(=O)(O)OC1C(O)C(O)C(O)[C@@H](O)C1O. The van der Waals surface area contributed by atoms with Crippen LogP contribution in [-0.2, 0) is 32.7 Å².